The van der Waals surface area contributed by atoms with E-state index in [9.17, 15) is 0 Å². The van der Waals surface area contributed by atoms with E-state index in [1.54, 1.807) is 6.20 Å². The molecule has 5 heteroatoms. The van der Waals surface area contributed by atoms with Crippen molar-refractivity contribution in [1.29, 1.82) is 5.26 Å². The lowest BCUT2D eigenvalue weighted by Gasteiger charge is -2.36. The molecule has 21 heavy (non-hydrogen) atoms. The van der Waals surface area contributed by atoms with E-state index in [0.29, 0.717) is 17.6 Å². The lowest BCUT2D eigenvalue weighted by Crippen LogP contribution is -2.47. The summed E-state index contributed by atoms with van der Waals surface area (Å²) in [5.41, 5.74) is 0.630. The van der Waals surface area contributed by atoms with Gasteiger partial charge in [0.2, 0.25) is 0 Å². The summed E-state index contributed by atoms with van der Waals surface area (Å²) in [6.45, 7) is 2.10. The molecule has 0 aromatic carbocycles. The molecular formula is C16H22N4S. The maximum Gasteiger partial charge on any atom is 0.128 e. The Kier molecular flexibility index (Phi) is 5.00. The highest BCUT2D eigenvalue weighted by molar-refractivity contribution is 7.99. The second-order valence-corrected chi connectivity index (χ2v) is 7.01. The fourth-order valence-corrected chi connectivity index (χ4v) is 4.20. The molecule has 4 nitrogen and oxygen atoms in total. The minimum Gasteiger partial charge on any atom is -0.357 e. The van der Waals surface area contributed by atoms with Gasteiger partial charge in [-0.25, -0.2) is 4.98 Å². The summed E-state index contributed by atoms with van der Waals surface area (Å²) in [5.74, 6) is 3.61. The van der Waals surface area contributed by atoms with Gasteiger partial charge >= 0.3 is 0 Å². The van der Waals surface area contributed by atoms with Gasteiger partial charge in [0.15, 0.2) is 0 Å². The fourth-order valence-electron chi connectivity index (χ4n) is 3.12. The van der Waals surface area contributed by atoms with Crippen LogP contribution in [0.4, 0.5) is 5.82 Å². The molecule has 1 aromatic heterocycles. The number of pyridine rings is 1. The lowest BCUT2D eigenvalue weighted by molar-refractivity contribution is 0.365. The normalized spacial score (nSPS) is 23.8. The molecule has 1 aromatic rings. The molecule has 0 amide bonds. The van der Waals surface area contributed by atoms with E-state index in [-0.39, 0.29) is 0 Å². The van der Waals surface area contributed by atoms with E-state index in [1.165, 1.54) is 37.2 Å². The maximum absolute atomic E-state index is 8.82. The van der Waals surface area contributed by atoms with Crippen molar-refractivity contribution < 1.29 is 0 Å². The zero-order valence-electron chi connectivity index (χ0n) is 12.3. The number of thioether (sulfide) groups is 1. The number of nitrogens with zero attached hydrogens (tertiary/aromatic N) is 3. The predicted octanol–water partition coefficient (Wildman–Crippen LogP) is 2.41. The van der Waals surface area contributed by atoms with Crippen LogP contribution < -0.4 is 10.2 Å². The van der Waals surface area contributed by atoms with E-state index in [2.05, 4.69) is 33.0 Å². The molecule has 1 N–H and O–H groups in total. The van der Waals surface area contributed by atoms with Gasteiger partial charge in [0, 0.05) is 37.1 Å². The highest BCUT2D eigenvalue weighted by Gasteiger charge is 2.23. The van der Waals surface area contributed by atoms with Gasteiger partial charge in [0.05, 0.1) is 5.56 Å². The number of aromatic nitrogens is 1. The van der Waals surface area contributed by atoms with Gasteiger partial charge in [-0.2, -0.15) is 17.0 Å². The summed E-state index contributed by atoms with van der Waals surface area (Å²) < 4.78 is 0. The smallest absolute Gasteiger partial charge is 0.128 e. The Bertz CT molecular complexity index is 482. The van der Waals surface area contributed by atoms with Crippen molar-refractivity contribution in [3.63, 3.8) is 0 Å². The lowest BCUT2D eigenvalue weighted by atomic mass is 10.0. The Morgan fingerprint density at radius 1 is 1.24 bits per heavy atom. The largest absolute Gasteiger partial charge is 0.357 e. The Morgan fingerprint density at radius 2 is 2.10 bits per heavy atom. The number of hydrogen-bond acceptors (Lipinski definition) is 5. The molecule has 2 aliphatic rings. The van der Waals surface area contributed by atoms with Crippen LogP contribution in [0.1, 0.15) is 31.2 Å². The van der Waals surface area contributed by atoms with Gasteiger partial charge in [-0.15, -0.1) is 0 Å². The molecule has 0 aliphatic carbocycles. The van der Waals surface area contributed by atoms with Crippen LogP contribution in [0.2, 0.25) is 0 Å². The van der Waals surface area contributed by atoms with Gasteiger partial charge in [-0.1, -0.05) is 0 Å². The first-order chi connectivity index (χ1) is 10.3. The van der Waals surface area contributed by atoms with Crippen LogP contribution in [0.3, 0.4) is 0 Å². The molecule has 0 spiro atoms. The summed E-state index contributed by atoms with van der Waals surface area (Å²) in [7, 11) is 0. The first kappa shape index (κ1) is 14.7. The summed E-state index contributed by atoms with van der Waals surface area (Å²) in [6.07, 6.45) is 6.73. The predicted molar refractivity (Wildman–Crippen MR) is 87.7 cm³/mol. The molecule has 112 valence electrons. The van der Waals surface area contributed by atoms with Crippen molar-refractivity contribution in [1.82, 2.24) is 10.3 Å². The SMILES string of the molecule is N#Cc1ccc(N2CCC(N[C@@H]3CCCSC3)CC2)nc1. The molecule has 2 saturated heterocycles. The third kappa shape index (κ3) is 3.90. The van der Waals surface area contributed by atoms with E-state index in [1.807, 2.05) is 12.1 Å². The zero-order chi connectivity index (χ0) is 14.5. The average molecular weight is 302 g/mol. The second kappa shape index (κ2) is 7.15. The molecule has 0 bridgehead atoms. The van der Waals surface area contributed by atoms with Crippen molar-refractivity contribution in [3.05, 3.63) is 23.9 Å². The van der Waals surface area contributed by atoms with Gasteiger partial charge in [0.25, 0.3) is 0 Å². The molecular weight excluding hydrogens is 280 g/mol. The van der Waals surface area contributed by atoms with Crippen LogP contribution in [-0.2, 0) is 0 Å². The Morgan fingerprint density at radius 3 is 2.71 bits per heavy atom. The Hall–Kier alpha value is -1.25. The van der Waals surface area contributed by atoms with Crippen LogP contribution in [0.5, 0.6) is 0 Å². The Balaban J connectivity index is 1.49. The van der Waals surface area contributed by atoms with Crippen LogP contribution in [-0.4, -0.2) is 41.7 Å². The van der Waals surface area contributed by atoms with Crippen LogP contribution in [0, 0.1) is 11.3 Å². The van der Waals surface area contributed by atoms with Crippen LogP contribution in [0.15, 0.2) is 18.3 Å². The van der Waals surface area contributed by atoms with Gasteiger partial charge in [0.1, 0.15) is 11.9 Å². The number of anilines is 1. The number of piperidine rings is 1. The number of rotatable bonds is 3. The summed E-state index contributed by atoms with van der Waals surface area (Å²) in [5, 5.41) is 12.7. The van der Waals surface area contributed by atoms with Crippen LogP contribution >= 0.6 is 11.8 Å². The highest BCUT2D eigenvalue weighted by Crippen LogP contribution is 2.21. The van der Waals surface area contributed by atoms with Crippen molar-refractivity contribution in [2.24, 2.45) is 0 Å². The summed E-state index contributed by atoms with van der Waals surface area (Å²) in [4.78, 5) is 6.72. The minimum atomic E-state index is 0.630. The van der Waals surface area contributed by atoms with E-state index in [0.717, 1.165) is 18.9 Å². The van der Waals surface area contributed by atoms with Gasteiger partial charge in [-0.3, -0.25) is 0 Å². The van der Waals surface area contributed by atoms with E-state index >= 15 is 0 Å². The number of nitrogens with one attached hydrogen (secondary N) is 1. The van der Waals surface area contributed by atoms with Crippen molar-refractivity contribution >= 4 is 17.6 Å². The standard InChI is InChI=1S/C16H22N4S/c17-10-13-3-4-16(18-11-13)20-7-5-14(6-8-20)19-15-2-1-9-21-12-15/h3-4,11,14-15,19H,1-2,5-9,12H2/t15-/m1/s1. The quantitative estimate of drug-likeness (QED) is 0.929. The average Bonchev–Trinajstić information content (AvgIpc) is 2.57. The summed E-state index contributed by atoms with van der Waals surface area (Å²) in [6, 6.07) is 7.30. The molecule has 1 atom stereocenters. The van der Waals surface area contributed by atoms with Crippen molar-refractivity contribution in [3.8, 4) is 6.07 Å². The van der Waals surface area contributed by atoms with E-state index in [4.69, 9.17) is 5.26 Å². The second-order valence-electron chi connectivity index (χ2n) is 5.86. The van der Waals surface area contributed by atoms with E-state index < -0.39 is 0 Å². The molecule has 0 saturated carbocycles. The minimum absolute atomic E-state index is 0.630. The molecule has 2 aliphatic heterocycles. The summed E-state index contributed by atoms with van der Waals surface area (Å²) >= 11 is 2.08. The third-order valence-electron chi connectivity index (χ3n) is 4.33. The topological polar surface area (TPSA) is 52.0 Å². The van der Waals surface area contributed by atoms with Crippen molar-refractivity contribution in [2.45, 2.75) is 37.8 Å². The first-order valence-electron chi connectivity index (χ1n) is 7.80. The van der Waals surface area contributed by atoms with Crippen molar-refractivity contribution in [2.75, 3.05) is 29.5 Å². The Labute approximate surface area is 130 Å². The molecule has 0 radical (unpaired) electrons. The molecule has 0 unspecified atom stereocenters. The number of hydrogen-bond donors (Lipinski definition) is 1. The maximum atomic E-state index is 8.82. The fraction of sp³-hybridized carbons (Fsp3) is 0.625. The van der Waals surface area contributed by atoms with Gasteiger partial charge in [-0.05, 0) is 43.6 Å². The first-order valence-corrected chi connectivity index (χ1v) is 8.95. The number of nitriles is 1. The molecule has 3 rings (SSSR count). The monoisotopic (exact) mass is 302 g/mol. The van der Waals surface area contributed by atoms with Crippen LogP contribution in [0.25, 0.3) is 0 Å². The zero-order valence-corrected chi connectivity index (χ0v) is 13.1. The molecule has 2 fully saturated rings. The highest BCUT2D eigenvalue weighted by atomic mass is 32.2. The molecule has 3 heterocycles. The van der Waals surface area contributed by atoms with Gasteiger partial charge < -0.3 is 10.2 Å². The third-order valence-corrected chi connectivity index (χ3v) is 5.54.